The number of aromatic amines is 1. The Morgan fingerprint density at radius 2 is 1.97 bits per heavy atom. The lowest BCUT2D eigenvalue weighted by molar-refractivity contribution is -0.132. The number of imidazole rings is 1. The summed E-state index contributed by atoms with van der Waals surface area (Å²) in [4.78, 5) is 52.9. The maximum absolute atomic E-state index is 12.9. The molecule has 3 heterocycles. The van der Waals surface area contributed by atoms with Crippen molar-refractivity contribution in [1.29, 1.82) is 0 Å². The van der Waals surface area contributed by atoms with Crippen molar-refractivity contribution in [3.63, 3.8) is 0 Å². The van der Waals surface area contributed by atoms with Crippen LogP contribution < -0.4 is 5.69 Å². The van der Waals surface area contributed by atoms with Gasteiger partial charge in [0.1, 0.15) is 5.69 Å². The Kier molecular flexibility index (Phi) is 6.86. The topological polar surface area (TPSA) is 104 Å². The van der Waals surface area contributed by atoms with Gasteiger partial charge < -0.3 is 14.8 Å². The van der Waals surface area contributed by atoms with E-state index in [2.05, 4.69) is 15.0 Å². The van der Waals surface area contributed by atoms with E-state index in [1.807, 2.05) is 47.6 Å². The molecule has 2 aromatic heterocycles. The molecule has 0 aliphatic carbocycles. The number of fused-ring (bicyclic) bond motifs is 1. The number of hydrogen-bond acceptors (Lipinski definition) is 5. The number of hydrogen-bond donors (Lipinski definition) is 1. The number of nitrogens with one attached hydrogen (secondary N) is 1. The number of piperidine rings is 1. The number of likely N-dealkylation sites (tertiary alicyclic amines) is 1. The smallest absolute Gasteiger partial charge is 0.326 e. The zero-order chi connectivity index (χ0) is 23.4. The quantitative estimate of drug-likeness (QED) is 0.596. The summed E-state index contributed by atoms with van der Waals surface area (Å²) in [7, 11) is 0. The third-order valence-corrected chi connectivity index (χ3v) is 6.54. The van der Waals surface area contributed by atoms with Crippen LogP contribution in [0, 0.1) is 0 Å². The van der Waals surface area contributed by atoms with Crippen LogP contribution in [0.4, 0.5) is 0 Å². The van der Waals surface area contributed by atoms with Crippen molar-refractivity contribution in [2.75, 3.05) is 19.6 Å². The minimum absolute atomic E-state index is 0.00760. The highest BCUT2D eigenvalue weighted by Gasteiger charge is 2.28. The van der Waals surface area contributed by atoms with E-state index in [9.17, 15) is 14.4 Å². The maximum Gasteiger partial charge on any atom is 0.326 e. The first kappa shape index (κ1) is 22.7. The first-order chi connectivity index (χ1) is 16.0. The Balaban J connectivity index is 1.37. The number of H-pyrrole nitrogens is 1. The van der Waals surface area contributed by atoms with Crippen molar-refractivity contribution < 1.29 is 9.59 Å². The number of carbonyl (C=O) groups excluding carboxylic acids is 2. The van der Waals surface area contributed by atoms with Crippen molar-refractivity contribution in [3.8, 4) is 0 Å². The fourth-order valence-electron chi connectivity index (χ4n) is 4.48. The Bertz CT molecular complexity index is 1160. The third-order valence-electron chi connectivity index (χ3n) is 6.54. The van der Waals surface area contributed by atoms with Gasteiger partial charge in [-0.1, -0.05) is 19.1 Å². The highest BCUT2D eigenvalue weighted by Crippen LogP contribution is 2.25. The number of nitrogens with zero attached hydrogens (tertiary/aromatic N) is 5. The summed E-state index contributed by atoms with van der Waals surface area (Å²) in [6, 6.07) is 7.73. The maximum atomic E-state index is 12.9. The summed E-state index contributed by atoms with van der Waals surface area (Å²) < 4.78 is 1.82. The number of para-hydroxylation sites is 2. The van der Waals surface area contributed by atoms with E-state index in [0.717, 1.165) is 30.3 Å². The van der Waals surface area contributed by atoms with E-state index in [-0.39, 0.29) is 41.7 Å². The molecular weight excluding hydrogens is 420 g/mol. The standard InChI is InChI=1S/C24H30N6O3/c1-3-17(2)29(23(32)20-16-25-11-12-26-20)15-10-22(31)28-13-8-18(9-14-28)30-21-7-5-4-6-19(21)27-24(30)33/h4-7,11-12,16-18H,3,8-10,13-15H2,1-2H3,(H,27,33). The van der Waals surface area contributed by atoms with Gasteiger partial charge in [-0.2, -0.15) is 0 Å². The van der Waals surface area contributed by atoms with E-state index >= 15 is 0 Å². The van der Waals surface area contributed by atoms with Gasteiger partial charge in [-0.25, -0.2) is 9.78 Å². The van der Waals surface area contributed by atoms with Crippen LogP contribution in [0.15, 0.2) is 47.7 Å². The Morgan fingerprint density at radius 1 is 1.21 bits per heavy atom. The molecule has 1 saturated heterocycles. The van der Waals surface area contributed by atoms with Crippen LogP contribution in [0.2, 0.25) is 0 Å². The molecule has 3 aromatic rings. The van der Waals surface area contributed by atoms with Gasteiger partial charge in [0, 0.05) is 50.5 Å². The molecule has 33 heavy (non-hydrogen) atoms. The molecule has 1 unspecified atom stereocenters. The second kappa shape index (κ2) is 9.97. The SMILES string of the molecule is CCC(C)N(CCC(=O)N1CCC(n2c(=O)[nH]c3ccccc32)CC1)C(=O)c1cnccn1. The van der Waals surface area contributed by atoms with Gasteiger partial charge in [-0.05, 0) is 38.3 Å². The highest BCUT2D eigenvalue weighted by molar-refractivity contribution is 5.92. The molecule has 2 amide bonds. The first-order valence-electron chi connectivity index (χ1n) is 11.5. The molecule has 0 spiro atoms. The first-order valence-corrected chi connectivity index (χ1v) is 11.5. The summed E-state index contributed by atoms with van der Waals surface area (Å²) in [6.45, 7) is 5.52. The predicted molar refractivity (Wildman–Crippen MR) is 125 cm³/mol. The lowest BCUT2D eigenvalue weighted by Gasteiger charge is -2.34. The van der Waals surface area contributed by atoms with E-state index in [1.54, 1.807) is 4.90 Å². The Labute approximate surface area is 192 Å². The number of benzene rings is 1. The number of carbonyl (C=O) groups is 2. The summed E-state index contributed by atoms with van der Waals surface area (Å²) in [5, 5.41) is 0. The normalized spacial score (nSPS) is 15.5. The van der Waals surface area contributed by atoms with E-state index in [1.165, 1.54) is 18.6 Å². The van der Waals surface area contributed by atoms with Crippen LogP contribution in [0.5, 0.6) is 0 Å². The van der Waals surface area contributed by atoms with Gasteiger partial charge in [0.25, 0.3) is 5.91 Å². The minimum atomic E-state index is -0.206. The van der Waals surface area contributed by atoms with Crippen LogP contribution in [0.25, 0.3) is 11.0 Å². The van der Waals surface area contributed by atoms with Gasteiger partial charge in [-0.15, -0.1) is 0 Å². The number of rotatable bonds is 7. The average molecular weight is 451 g/mol. The largest absolute Gasteiger partial charge is 0.342 e. The molecule has 9 nitrogen and oxygen atoms in total. The predicted octanol–water partition coefficient (Wildman–Crippen LogP) is 2.61. The molecule has 0 bridgehead atoms. The number of aromatic nitrogens is 4. The molecule has 174 valence electrons. The molecule has 0 radical (unpaired) electrons. The summed E-state index contributed by atoms with van der Waals surface area (Å²) in [5.41, 5.74) is 1.92. The molecule has 0 saturated carbocycles. The zero-order valence-corrected chi connectivity index (χ0v) is 19.1. The molecule has 1 fully saturated rings. The van der Waals surface area contributed by atoms with Crippen molar-refractivity contribution in [1.82, 2.24) is 29.3 Å². The molecule has 1 aromatic carbocycles. The average Bonchev–Trinajstić information content (AvgIpc) is 3.19. The monoisotopic (exact) mass is 450 g/mol. The molecule has 1 aliphatic heterocycles. The van der Waals surface area contributed by atoms with E-state index in [4.69, 9.17) is 0 Å². The summed E-state index contributed by atoms with van der Waals surface area (Å²) in [5.74, 6) is -0.178. The molecular formula is C24H30N6O3. The fraction of sp³-hybridized carbons (Fsp3) is 0.458. The van der Waals surface area contributed by atoms with Crippen LogP contribution in [0.1, 0.15) is 56.1 Å². The van der Waals surface area contributed by atoms with Crippen LogP contribution in [-0.2, 0) is 4.79 Å². The fourth-order valence-corrected chi connectivity index (χ4v) is 4.48. The van der Waals surface area contributed by atoms with Crippen molar-refractivity contribution in [2.24, 2.45) is 0 Å². The van der Waals surface area contributed by atoms with Gasteiger partial charge in [0.2, 0.25) is 5.91 Å². The Morgan fingerprint density at radius 3 is 2.67 bits per heavy atom. The van der Waals surface area contributed by atoms with Gasteiger partial charge in [0.05, 0.1) is 17.2 Å². The van der Waals surface area contributed by atoms with Crippen LogP contribution >= 0.6 is 0 Å². The lowest BCUT2D eigenvalue weighted by atomic mass is 10.0. The second-order valence-corrected chi connectivity index (χ2v) is 8.53. The molecule has 1 N–H and O–H groups in total. The summed E-state index contributed by atoms with van der Waals surface area (Å²) in [6.07, 6.45) is 6.97. The van der Waals surface area contributed by atoms with Crippen molar-refractivity contribution >= 4 is 22.8 Å². The zero-order valence-electron chi connectivity index (χ0n) is 19.1. The number of amides is 2. The molecule has 4 rings (SSSR count). The summed E-state index contributed by atoms with van der Waals surface area (Å²) >= 11 is 0. The molecule has 1 aliphatic rings. The van der Waals surface area contributed by atoms with Crippen LogP contribution in [-0.4, -0.2) is 66.8 Å². The van der Waals surface area contributed by atoms with Gasteiger partial charge >= 0.3 is 5.69 Å². The molecule has 9 heteroatoms. The van der Waals surface area contributed by atoms with Gasteiger partial charge in [-0.3, -0.25) is 19.1 Å². The van der Waals surface area contributed by atoms with Crippen LogP contribution in [0.3, 0.4) is 0 Å². The third kappa shape index (κ3) is 4.81. The molecule has 1 atom stereocenters. The lowest BCUT2D eigenvalue weighted by Crippen LogP contribution is -2.44. The second-order valence-electron chi connectivity index (χ2n) is 8.53. The van der Waals surface area contributed by atoms with E-state index in [0.29, 0.717) is 19.6 Å². The van der Waals surface area contributed by atoms with Crippen molar-refractivity contribution in [3.05, 3.63) is 59.0 Å². The highest BCUT2D eigenvalue weighted by atomic mass is 16.2. The minimum Gasteiger partial charge on any atom is -0.342 e. The van der Waals surface area contributed by atoms with Gasteiger partial charge in [0.15, 0.2) is 0 Å². The Hall–Kier alpha value is -3.49. The van der Waals surface area contributed by atoms with E-state index < -0.39 is 0 Å². The van der Waals surface area contributed by atoms with Crippen molar-refractivity contribution in [2.45, 2.75) is 51.6 Å².